The van der Waals surface area contributed by atoms with Gasteiger partial charge in [-0.25, -0.2) is 0 Å². The second-order valence-electron chi connectivity index (χ2n) is 7.65. The van der Waals surface area contributed by atoms with Gasteiger partial charge in [0.05, 0.1) is 16.4 Å². The SMILES string of the molecule is CCn1nc(C)c(Cl)c1CC1(CNC(C)(C)C)CCCC1. The van der Waals surface area contributed by atoms with Gasteiger partial charge in [0.1, 0.15) is 0 Å². The van der Waals surface area contributed by atoms with Crippen molar-refractivity contribution in [2.75, 3.05) is 6.54 Å². The minimum atomic E-state index is 0.167. The number of nitrogens with one attached hydrogen (secondary N) is 1. The molecule has 1 saturated carbocycles. The van der Waals surface area contributed by atoms with Crippen molar-refractivity contribution in [3.8, 4) is 0 Å². The maximum absolute atomic E-state index is 6.52. The zero-order chi connectivity index (χ0) is 15.7. The molecule has 0 aromatic carbocycles. The highest BCUT2D eigenvalue weighted by Gasteiger charge is 2.36. The molecule has 1 aromatic rings. The molecule has 1 N–H and O–H groups in total. The Kier molecular flexibility index (Phi) is 5.04. The van der Waals surface area contributed by atoms with E-state index in [0.29, 0.717) is 5.41 Å². The fraction of sp³-hybridized carbons (Fsp3) is 0.824. The number of halogens is 1. The summed E-state index contributed by atoms with van der Waals surface area (Å²) in [5.74, 6) is 0. The molecule has 2 rings (SSSR count). The van der Waals surface area contributed by atoms with Crippen molar-refractivity contribution >= 4 is 11.6 Å². The van der Waals surface area contributed by atoms with Crippen LogP contribution in [-0.4, -0.2) is 21.9 Å². The van der Waals surface area contributed by atoms with E-state index in [1.807, 2.05) is 6.92 Å². The van der Waals surface area contributed by atoms with E-state index in [9.17, 15) is 0 Å². The Morgan fingerprint density at radius 3 is 2.43 bits per heavy atom. The van der Waals surface area contributed by atoms with Gasteiger partial charge in [-0.2, -0.15) is 5.10 Å². The molecule has 1 fully saturated rings. The number of rotatable bonds is 5. The fourth-order valence-corrected chi connectivity index (χ4v) is 3.59. The van der Waals surface area contributed by atoms with E-state index in [0.717, 1.165) is 30.2 Å². The van der Waals surface area contributed by atoms with Crippen molar-refractivity contribution in [3.05, 3.63) is 16.4 Å². The zero-order valence-electron chi connectivity index (χ0n) is 14.2. The van der Waals surface area contributed by atoms with Crippen molar-refractivity contribution in [2.45, 2.75) is 78.8 Å². The van der Waals surface area contributed by atoms with Crippen LogP contribution in [0.4, 0.5) is 0 Å². The second kappa shape index (κ2) is 6.29. The first-order valence-electron chi connectivity index (χ1n) is 8.23. The first kappa shape index (κ1) is 16.8. The Hall–Kier alpha value is -0.540. The smallest absolute Gasteiger partial charge is 0.0847 e. The van der Waals surface area contributed by atoms with Crippen molar-refractivity contribution in [1.82, 2.24) is 15.1 Å². The Labute approximate surface area is 134 Å². The number of hydrogen-bond acceptors (Lipinski definition) is 2. The van der Waals surface area contributed by atoms with Crippen LogP contribution >= 0.6 is 11.6 Å². The molecule has 120 valence electrons. The third kappa shape index (κ3) is 4.01. The average Bonchev–Trinajstić information content (AvgIpc) is 2.97. The van der Waals surface area contributed by atoms with Gasteiger partial charge in [0.25, 0.3) is 0 Å². The van der Waals surface area contributed by atoms with E-state index < -0.39 is 0 Å². The van der Waals surface area contributed by atoms with Gasteiger partial charge in [-0.3, -0.25) is 4.68 Å². The monoisotopic (exact) mass is 311 g/mol. The van der Waals surface area contributed by atoms with Crippen LogP contribution in [0.5, 0.6) is 0 Å². The maximum atomic E-state index is 6.52. The molecule has 0 aliphatic heterocycles. The summed E-state index contributed by atoms with van der Waals surface area (Å²) in [7, 11) is 0. The Morgan fingerprint density at radius 2 is 1.90 bits per heavy atom. The molecule has 4 heteroatoms. The van der Waals surface area contributed by atoms with Crippen LogP contribution in [0.3, 0.4) is 0 Å². The van der Waals surface area contributed by atoms with Gasteiger partial charge in [-0.05, 0) is 59.3 Å². The zero-order valence-corrected chi connectivity index (χ0v) is 15.0. The number of aromatic nitrogens is 2. The van der Waals surface area contributed by atoms with E-state index in [1.54, 1.807) is 0 Å². The Morgan fingerprint density at radius 1 is 1.29 bits per heavy atom. The molecule has 1 aliphatic rings. The van der Waals surface area contributed by atoms with Gasteiger partial charge < -0.3 is 5.32 Å². The molecule has 1 aliphatic carbocycles. The largest absolute Gasteiger partial charge is 0.312 e. The topological polar surface area (TPSA) is 29.9 Å². The first-order chi connectivity index (χ1) is 9.76. The molecule has 3 nitrogen and oxygen atoms in total. The van der Waals surface area contributed by atoms with Gasteiger partial charge >= 0.3 is 0 Å². The number of hydrogen-bond donors (Lipinski definition) is 1. The van der Waals surface area contributed by atoms with Crippen LogP contribution < -0.4 is 5.32 Å². The summed E-state index contributed by atoms with van der Waals surface area (Å²) in [6.07, 6.45) is 6.30. The van der Waals surface area contributed by atoms with E-state index >= 15 is 0 Å². The van der Waals surface area contributed by atoms with E-state index in [2.05, 4.69) is 42.8 Å². The molecule has 1 aromatic heterocycles. The summed E-state index contributed by atoms with van der Waals surface area (Å²) >= 11 is 6.52. The lowest BCUT2D eigenvalue weighted by Gasteiger charge is -2.33. The molecule has 21 heavy (non-hydrogen) atoms. The van der Waals surface area contributed by atoms with E-state index in [1.165, 1.54) is 31.4 Å². The first-order valence-corrected chi connectivity index (χ1v) is 8.61. The predicted octanol–water partition coefficient (Wildman–Crippen LogP) is 4.36. The standard InChI is InChI=1S/C17H30ClN3/c1-6-21-14(15(18)13(2)20-21)11-17(9-7-8-10-17)12-19-16(3,4)5/h19H,6-12H2,1-5H3. The van der Waals surface area contributed by atoms with Gasteiger partial charge in [0.15, 0.2) is 0 Å². The summed E-state index contributed by atoms with van der Waals surface area (Å²) in [5.41, 5.74) is 2.70. The maximum Gasteiger partial charge on any atom is 0.0847 e. The summed E-state index contributed by atoms with van der Waals surface area (Å²) in [6, 6.07) is 0. The van der Waals surface area contributed by atoms with Gasteiger partial charge in [-0.1, -0.05) is 24.4 Å². The molecular weight excluding hydrogens is 282 g/mol. The predicted molar refractivity (Wildman–Crippen MR) is 90.0 cm³/mol. The van der Waals surface area contributed by atoms with Crippen LogP contribution in [0.25, 0.3) is 0 Å². The van der Waals surface area contributed by atoms with Crippen molar-refractivity contribution in [2.24, 2.45) is 5.41 Å². The lowest BCUT2D eigenvalue weighted by atomic mass is 9.80. The van der Waals surface area contributed by atoms with Gasteiger partial charge in [0, 0.05) is 18.6 Å². The summed E-state index contributed by atoms with van der Waals surface area (Å²) in [6.45, 7) is 12.8. The molecule has 0 bridgehead atoms. The van der Waals surface area contributed by atoms with Crippen LogP contribution in [0.2, 0.25) is 5.02 Å². The number of aryl methyl sites for hydroxylation is 2. The highest BCUT2D eigenvalue weighted by atomic mass is 35.5. The van der Waals surface area contributed by atoms with Gasteiger partial charge in [0.2, 0.25) is 0 Å². The van der Waals surface area contributed by atoms with Crippen molar-refractivity contribution in [3.63, 3.8) is 0 Å². The molecule has 0 atom stereocenters. The molecule has 0 unspecified atom stereocenters. The van der Waals surface area contributed by atoms with Gasteiger partial charge in [-0.15, -0.1) is 0 Å². The Balaban J connectivity index is 2.20. The normalized spacial score (nSPS) is 18.4. The molecule has 0 amide bonds. The molecule has 0 saturated heterocycles. The number of nitrogens with zero attached hydrogens (tertiary/aromatic N) is 2. The summed E-state index contributed by atoms with van der Waals surface area (Å²) in [5, 5.41) is 9.16. The second-order valence-corrected chi connectivity index (χ2v) is 8.03. The molecular formula is C17H30ClN3. The molecule has 1 heterocycles. The minimum Gasteiger partial charge on any atom is -0.312 e. The highest BCUT2D eigenvalue weighted by molar-refractivity contribution is 6.31. The third-order valence-electron chi connectivity index (χ3n) is 4.65. The molecule has 0 spiro atoms. The quantitative estimate of drug-likeness (QED) is 0.876. The van der Waals surface area contributed by atoms with Crippen LogP contribution in [-0.2, 0) is 13.0 Å². The van der Waals surface area contributed by atoms with Crippen LogP contribution in [0.15, 0.2) is 0 Å². The van der Waals surface area contributed by atoms with Crippen LogP contribution in [0, 0.1) is 12.3 Å². The third-order valence-corrected chi connectivity index (χ3v) is 5.14. The summed E-state index contributed by atoms with van der Waals surface area (Å²) < 4.78 is 2.09. The lowest BCUT2D eigenvalue weighted by Crippen LogP contribution is -2.44. The average molecular weight is 312 g/mol. The summed E-state index contributed by atoms with van der Waals surface area (Å²) in [4.78, 5) is 0. The van der Waals surface area contributed by atoms with E-state index in [-0.39, 0.29) is 5.54 Å². The Bertz CT molecular complexity index is 479. The lowest BCUT2D eigenvalue weighted by molar-refractivity contribution is 0.240. The fourth-order valence-electron chi connectivity index (χ4n) is 3.39. The minimum absolute atomic E-state index is 0.167. The van der Waals surface area contributed by atoms with Crippen LogP contribution in [0.1, 0.15) is 64.8 Å². The van der Waals surface area contributed by atoms with Crippen molar-refractivity contribution in [1.29, 1.82) is 0 Å². The highest BCUT2D eigenvalue weighted by Crippen LogP contribution is 2.42. The van der Waals surface area contributed by atoms with E-state index in [4.69, 9.17) is 11.6 Å². The van der Waals surface area contributed by atoms with Crippen molar-refractivity contribution < 1.29 is 0 Å². The molecule has 0 radical (unpaired) electrons.